The fourth-order valence-corrected chi connectivity index (χ4v) is 4.52. The number of benzene rings is 2. The largest absolute Gasteiger partial charge is 0.342 e. The van der Waals surface area contributed by atoms with Crippen LogP contribution in [0.1, 0.15) is 24.3 Å². The Hall–Kier alpha value is -1.85. The van der Waals surface area contributed by atoms with Crippen molar-refractivity contribution in [2.45, 2.75) is 23.7 Å². The van der Waals surface area contributed by atoms with E-state index in [-0.39, 0.29) is 10.8 Å². The molecule has 1 aliphatic rings. The molecule has 1 heterocycles. The lowest BCUT2D eigenvalue weighted by atomic mass is 9.89. The van der Waals surface area contributed by atoms with Crippen LogP contribution in [-0.4, -0.2) is 38.1 Å². The van der Waals surface area contributed by atoms with Gasteiger partial charge < -0.3 is 4.90 Å². The Kier molecular flexibility index (Phi) is 5.45. The second-order valence-corrected chi connectivity index (χ2v) is 8.70. The lowest BCUT2D eigenvalue weighted by Crippen LogP contribution is -2.41. The number of nitrogens with zero attached hydrogens (tertiary/aromatic N) is 1. The molecule has 0 N–H and O–H groups in total. The van der Waals surface area contributed by atoms with E-state index in [2.05, 4.69) is 12.1 Å². The molecule has 132 valence electrons. The number of hydrogen-bond donors (Lipinski definition) is 0. The number of rotatable bonds is 4. The average Bonchev–Trinajstić information content (AvgIpc) is 2.62. The molecule has 4 nitrogen and oxygen atoms in total. The number of hydrogen-bond acceptors (Lipinski definition) is 3. The third-order valence-corrected chi connectivity index (χ3v) is 6.47. The predicted octanol–water partition coefficient (Wildman–Crippen LogP) is 3.52. The number of carbonyl (C=O) groups excluding carboxylic acids is 1. The van der Waals surface area contributed by atoms with E-state index in [1.54, 1.807) is 4.90 Å². The molecule has 3 rings (SSSR count). The monoisotopic (exact) mass is 377 g/mol. The van der Waals surface area contributed by atoms with E-state index >= 15 is 0 Å². The van der Waals surface area contributed by atoms with Gasteiger partial charge >= 0.3 is 0 Å². The molecular weight excluding hydrogens is 358 g/mol. The molecule has 25 heavy (non-hydrogen) atoms. The number of halogens is 1. The van der Waals surface area contributed by atoms with Gasteiger partial charge in [-0.25, -0.2) is 8.42 Å². The van der Waals surface area contributed by atoms with Gasteiger partial charge in [-0.2, -0.15) is 0 Å². The maximum absolute atomic E-state index is 12.4. The quantitative estimate of drug-likeness (QED) is 0.819. The highest BCUT2D eigenvalue weighted by atomic mass is 35.5. The van der Waals surface area contributed by atoms with Crippen molar-refractivity contribution in [1.82, 2.24) is 4.90 Å². The van der Waals surface area contributed by atoms with Gasteiger partial charge in [0.2, 0.25) is 5.91 Å². The van der Waals surface area contributed by atoms with Crippen molar-refractivity contribution in [1.29, 1.82) is 0 Å². The molecule has 0 bridgehead atoms. The normalized spacial score (nSPS) is 16.0. The zero-order chi connectivity index (χ0) is 17.9. The van der Waals surface area contributed by atoms with E-state index in [0.29, 0.717) is 24.0 Å². The van der Waals surface area contributed by atoms with Crippen molar-refractivity contribution < 1.29 is 13.2 Å². The van der Waals surface area contributed by atoms with Crippen LogP contribution in [0.15, 0.2) is 59.5 Å². The van der Waals surface area contributed by atoms with Crippen LogP contribution in [0.5, 0.6) is 0 Å². The summed E-state index contributed by atoms with van der Waals surface area (Å²) in [4.78, 5) is 14.2. The van der Waals surface area contributed by atoms with Gasteiger partial charge in [0.05, 0.1) is 4.90 Å². The minimum Gasteiger partial charge on any atom is -0.342 e. The molecule has 0 saturated carbocycles. The Morgan fingerprint density at radius 3 is 2.20 bits per heavy atom. The summed E-state index contributed by atoms with van der Waals surface area (Å²) in [6, 6.07) is 16.1. The molecule has 1 fully saturated rings. The lowest BCUT2D eigenvalue weighted by molar-refractivity contribution is -0.129. The molecule has 1 saturated heterocycles. The van der Waals surface area contributed by atoms with Gasteiger partial charge in [-0.3, -0.25) is 4.79 Å². The summed E-state index contributed by atoms with van der Waals surface area (Å²) in [5, 5.41) is 0.466. The van der Waals surface area contributed by atoms with Crippen molar-refractivity contribution in [2.24, 2.45) is 0 Å². The first-order chi connectivity index (χ1) is 12.0. The predicted molar refractivity (Wildman–Crippen MR) is 98.5 cm³/mol. The highest BCUT2D eigenvalue weighted by Gasteiger charge is 2.27. The van der Waals surface area contributed by atoms with E-state index in [9.17, 15) is 13.2 Å². The van der Waals surface area contributed by atoms with Crippen LogP contribution in [0.2, 0.25) is 5.02 Å². The summed E-state index contributed by atoms with van der Waals surface area (Å²) in [5.74, 6) is -0.399. The minimum atomic E-state index is -3.64. The number of likely N-dealkylation sites (tertiary alicyclic amines) is 1. The van der Waals surface area contributed by atoms with E-state index in [1.807, 2.05) is 18.2 Å². The number of carbonyl (C=O) groups is 1. The third-order valence-electron chi connectivity index (χ3n) is 4.60. The topological polar surface area (TPSA) is 54.5 Å². The summed E-state index contributed by atoms with van der Waals surface area (Å²) in [6.07, 6.45) is 1.72. The van der Waals surface area contributed by atoms with E-state index < -0.39 is 15.6 Å². The van der Waals surface area contributed by atoms with Crippen LogP contribution in [0.25, 0.3) is 0 Å². The Bertz CT molecular complexity index is 827. The van der Waals surface area contributed by atoms with Gasteiger partial charge in [0.25, 0.3) is 0 Å². The summed E-state index contributed by atoms with van der Waals surface area (Å²) in [6.45, 7) is 1.18. The smallest absolute Gasteiger partial charge is 0.238 e. The van der Waals surface area contributed by atoms with Crippen LogP contribution >= 0.6 is 11.6 Å². The average molecular weight is 378 g/mol. The van der Waals surface area contributed by atoms with Crippen LogP contribution < -0.4 is 0 Å². The Labute approximate surface area is 153 Å². The van der Waals surface area contributed by atoms with Crippen molar-refractivity contribution >= 4 is 27.3 Å². The second-order valence-electron chi connectivity index (χ2n) is 6.28. The first-order valence-corrected chi connectivity index (χ1v) is 10.3. The maximum Gasteiger partial charge on any atom is 0.238 e. The standard InChI is InChI=1S/C19H20ClNO3S/c20-17-6-8-18(9-7-17)25(23,24)14-19(22)21-12-10-16(11-13-21)15-4-2-1-3-5-15/h1-9,16H,10-14H2. The fourth-order valence-electron chi connectivity index (χ4n) is 3.17. The highest BCUT2D eigenvalue weighted by molar-refractivity contribution is 7.92. The molecule has 0 spiro atoms. The first kappa shape index (κ1) is 18.0. The van der Waals surface area contributed by atoms with Gasteiger partial charge in [0, 0.05) is 18.1 Å². The molecule has 0 aromatic heterocycles. The van der Waals surface area contributed by atoms with Gasteiger partial charge in [-0.15, -0.1) is 0 Å². The van der Waals surface area contributed by atoms with Crippen molar-refractivity contribution in [3.63, 3.8) is 0 Å². The minimum absolute atomic E-state index is 0.129. The zero-order valence-electron chi connectivity index (χ0n) is 13.8. The third kappa shape index (κ3) is 4.41. The molecule has 6 heteroatoms. The summed E-state index contributed by atoms with van der Waals surface area (Å²) in [7, 11) is -3.64. The van der Waals surface area contributed by atoms with Gasteiger partial charge in [-0.05, 0) is 48.6 Å². The number of piperidine rings is 1. The SMILES string of the molecule is O=C(CS(=O)(=O)c1ccc(Cl)cc1)N1CCC(c2ccccc2)CC1. The molecule has 1 aliphatic heterocycles. The Balaban J connectivity index is 1.60. The summed E-state index contributed by atoms with van der Waals surface area (Å²) in [5.41, 5.74) is 1.28. The Morgan fingerprint density at radius 2 is 1.60 bits per heavy atom. The van der Waals surface area contributed by atoms with Crippen LogP contribution in [0.4, 0.5) is 0 Å². The first-order valence-electron chi connectivity index (χ1n) is 8.27. The molecule has 0 atom stereocenters. The molecule has 0 radical (unpaired) electrons. The number of sulfone groups is 1. The van der Waals surface area contributed by atoms with E-state index in [0.717, 1.165) is 12.8 Å². The van der Waals surface area contributed by atoms with E-state index in [4.69, 9.17) is 11.6 Å². The van der Waals surface area contributed by atoms with E-state index in [1.165, 1.54) is 29.8 Å². The van der Waals surface area contributed by atoms with Crippen molar-refractivity contribution in [3.8, 4) is 0 Å². The van der Waals surface area contributed by atoms with Crippen LogP contribution in [0, 0.1) is 0 Å². The zero-order valence-corrected chi connectivity index (χ0v) is 15.3. The number of amides is 1. The maximum atomic E-state index is 12.4. The molecule has 2 aromatic rings. The van der Waals surface area contributed by atoms with Crippen molar-refractivity contribution in [3.05, 3.63) is 65.2 Å². The lowest BCUT2D eigenvalue weighted by Gasteiger charge is -2.32. The molecule has 0 aliphatic carbocycles. The summed E-state index contributed by atoms with van der Waals surface area (Å²) >= 11 is 5.78. The molecule has 0 unspecified atom stereocenters. The second kappa shape index (κ2) is 7.58. The molecule has 1 amide bonds. The van der Waals surface area contributed by atoms with Crippen LogP contribution in [0.3, 0.4) is 0 Å². The molecular formula is C19H20ClNO3S. The summed E-state index contributed by atoms with van der Waals surface area (Å²) < 4.78 is 24.8. The van der Waals surface area contributed by atoms with Gasteiger partial charge in [-0.1, -0.05) is 41.9 Å². The van der Waals surface area contributed by atoms with Crippen LogP contribution in [-0.2, 0) is 14.6 Å². The van der Waals surface area contributed by atoms with Crippen molar-refractivity contribution in [2.75, 3.05) is 18.8 Å². The highest BCUT2D eigenvalue weighted by Crippen LogP contribution is 2.28. The molecule has 2 aromatic carbocycles. The fraction of sp³-hybridized carbons (Fsp3) is 0.316. The van der Waals surface area contributed by atoms with Gasteiger partial charge in [0.15, 0.2) is 9.84 Å². The Morgan fingerprint density at radius 1 is 1.00 bits per heavy atom. The van der Waals surface area contributed by atoms with Gasteiger partial charge in [0.1, 0.15) is 5.75 Å².